The highest BCUT2D eigenvalue weighted by molar-refractivity contribution is 5.15. The van der Waals surface area contributed by atoms with Gasteiger partial charge < -0.3 is 14.7 Å². The van der Waals surface area contributed by atoms with Gasteiger partial charge in [0.25, 0.3) is 0 Å². The van der Waals surface area contributed by atoms with Gasteiger partial charge in [0.2, 0.25) is 0 Å². The van der Waals surface area contributed by atoms with Crippen LogP contribution in [0.25, 0.3) is 0 Å². The third kappa shape index (κ3) is 5.59. The first kappa shape index (κ1) is 16.9. The summed E-state index contributed by atoms with van der Waals surface area (Å²) in [7, 11) is 0. The summed E-state index contributed by atoms with van der Waals surface area (Å²) < 4.78 is 6.29. The molecule has 1 saturated carbocycles. The molecule has 3 heteroatoms. The van der Waals surface area contributed by atoms with Gasteiger partial charge in [0.1, 0.15) is 0 Å². The molecule has 1 heterocycles. The zero-order chi connectivity index (χ0) is 15.9. The van der Waals surface area contributed by atoms with Crippen molar-refractivity contribution in [3.8, 4) is 0 Å². The highest BCUT2D eigenvalue weighted by atomic mass is 16.5. The van der Waals surface area contributed by atoms with Gasteiger partial charge >= 0.3 is 0 Å². The second-order valence-electron chi connectivity index (χ2n) is 7.24. The van der Waals surface area contributed by atoms with E-state index in [0.717, 1.165) is 38.9 Å². The molecule has 2 fully saturated rings. The average molecular weight is 317 g/mol. The van der Waals surface area contributed by atoms with E-state index < -0.39 is 0 Å². The normalized spacial score (nSPS) is 23.0. The van der Waals surface area contributed by atoms with Crippen molar-refractivity contribution < 1.29 is 9.84 Å². The van der Waals surface area contributed by atoms with Crippen molar-refractivity contribution in [1.29, 1.82) is 0 Å². The fourth-order valence-electron chi connectivity index (χ4n) is 3.95. The van der Waals surface area contributed by atoms with E-state index in [0.29, 0.717) is 12.2 Å². The third-order valence-corrected chi connectivity index (χ3v) is 5.25. The smallest absolute Gasteiger partial charge is 0.0707 e. The number of piperidine rings is 1. The van der Waals surface area contributed by atoms with E-state index in [1.54, 1.807) is 0 Å². The van der Waals surface area contributed by atoms with Crippen molar-refractivity contribution >= 4 is 0 Å². The van der Waals surface area contributed by atoms with E-state index in [9.17, 15) is 5.11 Å². The third-order valence-electron chi connectivity index (χ3n) is 5.25. The van der Waals surface area contributed by atoms with E-state index in [4.69, 9.17) is 4.74 Å². The Morgan fingerprint density at radius 1 is 0.957 bits per heavy atom. The zero-order valence-electron chi connectivity index (χ0n) is 14.2. The van der Waals surface area contributed by atoms with Gasteiger partial charge in [-0.3, -0.25) is 0 Å². The monoisotopic (exact) mass is 317 g/mol. The summed E-state index contributed by atoms with van der Waals surface area (Å²) in [6, 6.07) is 10.3. The second kappa shape index (κ2) is 8.81. The first-order chi connectivity index (χ1) is 11.3. The molecule has 0 spiro atoms. The Morgan fingerprint density at radius 3 is 2.30 bits per heavy atom. The zero-order valence-corrected chi connectivity index (χ0v) is 14.2. The summed E-state index contributed by atoms with van der Waals surface area (Å²) in [5, 5.41) is 10.3. The van der Waals surface area contributed by atoms with Crippen molar-refractivity contribution in [2.24, 2.45) is 0 Å². The highest BCUT2D eigenvalue weighted by Gasteiger charge is 2.24. The standard InChI is InChI=1S/C20H31NO2/c22-18(15-17-7-3-1-4-8-17)16-21-13-11-20(12-14-21)23-19-9-5-2-6-10-19/h1,3-4,7-8,18-20,22H,2,5-6,9-16H2/t18-/m0/s1. The lowest BCUT2D eigenvalue weighted by Crippen LogP contribution is -2.42. The maximum absolute atomic E-state index is 10.3. The van der Waals surface area contributed by atoms with Crippen molar-refractivity contribution in [2.75, 3.05) is 19.6 Å². The van der Waals surface area contributed by atoms with Gasteiger partial charge in [0.15, 0.2) is 0 Å². The minimum absolute atomic E-state index is 0.270. The summed E-state index contributed by atoms with van der Waals surface area (Å²) in [5.41, 5.74) is 1.22. The maximum atomic E-state index is 10.3. The van der Waals surface area contributed by atoms with Crippen molar-refractivity contribution in [2.45, 2.75) is 69.7 Å². The minimum atomic E-state index is -0.270. The van der Waals surface area contributed by atoms with Gasteiger partial charge in [0.05, 0.1) is 18.3 Å². The van der Waals surface area contributed by atoms with Crippen LogP contribution in [-0.2, 0) is 11.2 Å². The number of rotatable bonds is 6. The van der Waals surface area contributed by atoms with Crippen molar-refractivity contribution in [3.63, 3.8) is 0 Å². The Kier molecular flexibility index (Phi) is 6.49. The number of nitrogens with zero attached hydrogens (tertiary/aromatic N) is 1. The topological polar surface area (TPSA) is 32.7 Å². The van der Waals surface area contributed by atoms with Crippen LogP contribution in [0.3, 0.4) is 0 Å². The van der Waals surface area contributed by atoms with E-state index >= 15 is 0 Å². The van der Waals surface area contributed by atoms with Gasteiger partial charge in [-0.1, -0.05) is 49.6 Å². The Labute approximate surface area is 140 Å². The molecule has 1 saturated heterocycles. The molecule has 1 aromatic rings. The summed E-state index contributed by atoms with van der Waals surface area (Å²) >= 11 is 0. The molecule has 0 unspecified atom stereocenters. The van der Waals surface area contributed by atoms with Gasteiger partial charge in [0, 0.05) is 19.6 Å². The summed E-state index contributed by atoms with van der Waals surface area (Å²) in [6.45, 7) is 2.90. The van der Waals surface area contributed by atoms with Crippen LogP contribution in [-0.4, -0.2) is 48.0 Å². The first-order valence-electron chi connectivity index (χ1n) is 9.39. The molecule has 0 aromatic heterocycles. The molecular weight excluding hydrogens is 286 g/mol. The maximum Gasteiger partial charge on any atom is 0.0707 e. The second-order valence-corrected chi connectivity index (χ2v) is 7.24. The SMILES string of the molecule is O[C@@H](Cc1ccccc1)CN1CCC(OC2CCCCC2)CC1. The summed E-state index contributed by atoms with van der Waals surface area (Å²) in [4.78, 5) is 2.40. The molecule has 0 radical (unpaired) electrons. The average Bonchev–Trinajstić information content (AvgIpc) is 2.58. The molecular formula is C20H31NO2. The van der Waals surface area contributed by atoms with Crippen LogP contribution in [0.5, 0.6) is 0 Å². The van der Waals surface area contributed by atoms with Crippen LogP contribution in [0, 0.1) is 0 Å². The van der Waals surface area contributed by atoms with Gasteiger partial charge in [-0.05, 0) is 37.7 Å². The molecule has 2 aliphatic rings. The van der Waals surface area contributed by atoms with Crippen LogP contribution in [0.4, 0.5) is 0 Å². The number of hydrogen-bond donors (Lipinski definition) is 1. The highest BCUT2D eigenvalue weighted by Crippen LogP contribution is 2.24. The quantitative estimate of drug-likeness (QED) is 0.873. The molecule has 3 nitrogen and oxygen atoms in total. The van der Waals surface area contributed by atoms with Gasteiger partial charge in [-0.15, -0.1) is 0 Å². The molecule has 1 aliphatic carbocycles. The number of benzene rings is 1. The lowest BCUT2D eigenvalue weighted by molar-refractivity contribution is -0.0590. The predicted molar refractivity (Wildman–Crippen MR) is 93.6 cm³/mol. The fourth-order valence-corrected chi connectivity index (χ4v) is 3.95. The van der Waals surface area contributed by atoms with Crippen LogP contribution in [0.15, 0.2) is 30.3 Å². The largest absolute Gasteiger partial charge is 0.391 e. The van der Waals surface area contributed by atoms with Crippen LogP contribution in [0.1, 0.15) is 50.5 Å². The minimum Gasteiger partial charge on any atom is -0.391 e. The van der Waals surface area contributed by atoms with E-state index in [1.165, 1.54) is 37.7 Å². The number of hydrogen-bond acceptors (Lipinski definition) is 3. The van der Waals surface area contributed by atoms with Crippen molar-refractivity contribution in [3.05, 3.63) is 35.9 Å². The van der Waals surface area contributed by atoms with Crippen molar-refractivity contribution in [1.82, 2.24) is 4.90 Å². The molecule has 1 N–H and O–H groups in total. The lowest BCUT2D eigenvalue weighted by Gasteiger charge is -2.35. The number of likely N-dealkylation sites (tertiary alicyclic amines) is 1. The Morgan fingerprint density at radius 2 is 1.61 bits per heavy atom. The molecule has 1 aliphatic heterocycles. The number of ether oxygens (including phenoxy) is 1. The van der Waals surface area contributed by atoms with Gasteiger partial charge in [-0.25, -0.2) is 0 Å². The first-order valence-corrected chi connectivity index (χ1v) is 9.39. The summed E-state index contributed by atoms with van der Waals surface area (Å²) in [5.74, 6) is 0. The molecule has 0 bridgehead atoms. The summed E-state index contributed by atoms with van der Waals surface area (Å²) in [6.07, 6.45) is 10.3. The number of aliphatic hydroxyl groups is 1. The van der Waals surface area contributed by atoms with Crippen LogP contribution in [0.2, 0.25) is 0 Å². The Bertz CT molecular complexity index is 436. The number of aliphatic hydroxyl groups excluding tert-OH is 1. The fraction of sp³-hybridized carbons (Fsp3) is 0.700. The molecule has 0 amide bonds. The van der Waals surface area contributed by atoms with E-state index in [2.05, 4.69) is 17.0 Å². The lowest BCUT2D eigenvalue weighted by atomic mass is 9.97. The molecule has 128 valence electrons. The van der Waals surface area contributed by atoms with Gasteiger partial charge in [-0.2, -0.15) is 0 Å². The Hall–Kier alpha value is -0.900. The Balaban J connectivity index is 1.35. The van der Waals surface area contributed by atoms with Crippen LogP contribution < -0.4 is 0 Å². The van der Waals surface area contributed by atoms with E-state index in [-0.39, 0.29) is 6.10 Å². The molecule has 23 heavy (non-hydrogen) atoms. The molecule has 1 aromatic carbocycles. The van der Waals surface area contributed by atoms with E-state index in [1.807, 2.05) is 18.2 Å². The number of β-amino-alcohol motifs (C(OH)–C–C–N with tert-alkyl or cyclic N) is 1. The van der Waals surface area contributed by atoms with Crippen LogP contribution >= 0.6 is 0 Å². The molecule has 3 rings (SSSR count). The predicted octanol–water partition coefficient (Wildman–Crippen LogP) is 3.40. The molecule has 1 atom stereocenters.